The van der Waals surface area contributed by atoms with Crippen molar-refractivity contribution in [3.05, 3.63) is 12.7 Å². The van der Waals surface area contributed by atoms with Crippen molar-refractivity contribution in [1.82, 2.24) is 5.32 Å². The molecule has 1 atom stereocenters. The Balaban J connectivity index is 3.58. The lowest BCUT2D eigenvalue weighted by atomic mass is 10.6. The predicted octanol–water partition coefficient (Wildman–Crippen LogP) is 0.841. The first kappa shape index (κ1) is 10.9. The molecule has 1 unspecified atom stereocenters. The highest BCUT2D eigenvalue weighted by Gasteiger charge is 2.10. The van der Waals surface area contributed by atoms with Gasteiger partial charge < -0.3 is 9.47 Å². The number of rotatable bonds is 5. The second kappa shape index (κ2) is 6.60. The van der Waals surface area contributed by atoms with Crippen LogP contribution < -0.4 is 5.32 Å². The van der Waals surface area contributed by atoms with E-state index in [4.69, 9.17) is 0 Å². The summed E-state index contributed by atoms with van der Waals surface area (Å²) in [4.78, 5) is 10.7. The molecule has 0 spiro atoms. The number of amides is 1. The second-order valence-electron chi connectivity index (χ2n) is 1.91. The van der Waals surface area contributed by atoms with Crippen molar-refractivity contribution in [2.24, 2.45) is 0 Å². The van der Waals surface area contributed by atoms with Crippen molar-refractivity contribution in [3.8, 4) is 0 Å². The van der Waals surface area contributed by atoms with Gasteiger partial charge in [0.15, 0.2) is 6.23 Å². The van der Waals surface area contributed by atoms with Crippen LogP contribution in [0.2, 0.25) is 0 Å². The van der Waals surface area contributed by atoms with Crippen LogP contribution in [0.25, 0.3) is 0 Å². The zero-order valence-electron chi connectivity index (χ0n) is 6.88. The van der Waals surface area contributed by atoms with Gasteiger partial charge in [-0.1, -0.05) is 12.7 Å². The standard InChI is InChI=1S/C7H12FNO3/c1-3-4-12-7(10)9-6(5-8)11-2/h3,6H,1,4-5H2,2H3,(H,9,10). The summed E-state index contributed by atoms with van der Waals surface area (Å²) in [6.45, 7) is 2.64. The van der Waals surface area contributed by atoms with Crippen molar-refractivity contribution < 1.29 is 18.7 Å². The van der Waals surface area contributed by atoms with Crippen LogP contribution in [0.3, 0.4) is 0 Å². The molecule has 0 aromatic carbocycles. The quantitative estimate of drug-likeness (QED) is 0.500. The first-order valence-corrected chi connectivity index (χ1v) is 3.37. The molecule has 0 aliphatic carbocycles. The fourth-order valence-corrected chi connectivity index (χ4v) is 0.468. The van der Waals surface area contributed by atoms with Crippen molar-refractivity contribution in [1.29, 1.82) is 0 Å². The third kappa shape index (κ3) is 4.68. The van der Waals surface area contributed by atoms with Gasteiger partial charge in [0.25, 0.3) is 0 Å². The molecule has 1 N–H and O–H groups in total. The Morgan fingerprint density at radius 2 is 2.50 bits per heavy atom. The summed E-state index contributed by atoms with van der Waals surface area (Å²) >= 11 is 0. The van der Waals surface area contributed by atoms with Gasteiger partial charge in [0.05, 0.1) is 0 Å². The average Bonchev–Trinajstić information content (AvgIpc) is 2.10. The molecule has 0 aliphatic rings. The number of hydrogen-bond acceptors (Lipinski definition) is 3. The molecule has 0 fully saturated rings. The smallest absolute Gasteiger partial charge is 0.409 e. The monoisotopic (exact) mass is 177 g/mol. The summed E-state index contributed by atoms with van der Waals surface area (Å²) in [6.07, 6.45) is -0.252. The highest BCUT2D eigenvalue weighted by atomic mass is 19.1. The Bertz CT molecular complexity index is 148. The number of nitrogens with one attached hydrogen (secondary N) is 1. The normalized spacial score (nSPS) is 11.8. The van der Waals surface area contributed by atoms with Crippen LogP contribution in [0.5, 0.6) is 0 Å². The van der Waals surface area contributed by atoms with E-state index in [1.807, 2.05) is 0 Å². The first-order chi connectivity index (χ1) is 5.74. The Kier molecular flexibility index (Phi) is 6.00. The van der Waals surface area contributed by atoms with E-state index >= 15 is 0 Å². The molecular weight excluding hydrogens is 165 g/mol. The molecule has 1 amide bonds. The van der Waals surface area contributed by atoms with Gasteiger partial charge in [-0.2, -0.15) is 0 Å². The van der Waals surface area contributed by atoms with Crippen molar-refractivity contribution in [2.45, 2.75) is 6.23 Å². The van der Waals surface area contributed by atoms with E-state index in [0.717, 1.165) is 0 Å². The molecule has 4 nitrogen and oxygen atoms in total. The SMILES string of the molecule is C=CCOC(=O)NC(CF)OC. The number of alkyl halides is 1. The number of methoxy groups -OCH3 is 1. The lowest BCUT2D eigenvalue weighted by Gasteiger charge is -2.12. The minimum atomic E-state index is -0.942. The predicted molar refractivity (Wildman–Crippen MR) is 41.5 cm³/mol. The topological polar surface area (TPSA) is 47.6 Å². The Morgan fingerprint density at radius 3 is 2.92 bits per heavy atom. The molecule has 5 heteroatoms. The van der Waals surface area contributed by atoms with Gasteiger partial charge in [0.1, 0.15) is 13.3 Å². The molecule has 0 bridgehead atoms. The minimum absolute atomic E-state index is 0.0918. The fourth-order valence-electron chi connectivity index (χ4n) is 0.468. The van der Waals surface area contributed by atoms with Crippen LogP contribution in [-0.2, 0) is 9.47 Å². The van der Waals surface area contributed by atoms with Gasteiger partial charge >= 0.3 is 6.09 Å². The highest BCUT2D eigenvalue weighted by molar-refractivity contribution is 5.67. The molecule has 0 aliphatic heterocycles. The molecule has 0 aromatic rings. The van der Waals surface area contributed by atoms with Crippen LogP contribution in [0.15, 0.2) is 12.7 Å². The molecule has 0 aromatic heterocycles. The average molecular weight is 177 g/mol. The van der Waals surface area contributed by atoms with Crippen molar-refractivity contribution in [3.63, 3.8) is 0 Å². The number of halogens is 1. The van der Waals surface area contributed by atoms with Gasteiger partial charge in [-0.25, -0.2) is 9.18 Å². The van der Waals surface area contributed by atoms with E-state index in [0.29, 0.717) is 0 Å². The third-order valence-electron chi connectivity index (χ3n) is 1.04. The second-order valence-corrected chi connectivity index (χ2v) is 1.91. The Labute approximate surface area is 70.3 Å². The molecule has 0 rings (SSSR count). The summed E-state index contributed by atoms with van der Waals surface area (Å²) in [5, 5.41) is 2.14. The Morgan fingerprint density at radius 1 is 1.83 bits per heavy atom. The van der Waals surface area contributed by atoms with Crippen LogP contribution in [0.1, 0.15) is 0 Å². The first-order valence-electron chi connectivity index (χ1n) is 3.37. The summed E-state index contributed by atoms with van der Waals surface area (Å²) in [5.74, 6) is 0. The van der Waals surface area contributed by atoms with Gasteiger partial charge in [-0.05, 0) is 0 Å². The summed E-state index contributed by atoms with van der Waals surface area (Å²) in [5.41, 5.74) is 0. The Hall–Kier alpha value is -1.10. The maximum atomic E-state index is 11.9. The number of ether oxygens (including phenoxy) is 2. The van der Waals surface area contributed by atoms with Crippen LogP contribution in [-0.4, -0.2) is 32.7 Å². The number of carbonyl (C=O) groups excluding carboxylic acids is 1. The maximum Gasteiger partial charge on any atom is 0.409 e. The van der Waals surface area contributed by atoms with Gasteiger partial charge in [0.2, 0.25) is 0 Å². The fraction of sp³-hybridized carbons (Fsp3) is 0.571. The van der Waals surface area contributed by atoms with E-state index < -0.39 is 19.0 Å². The largest absolute Gasteiger partial charge is 0.445 e. The van der Waals surface area contributed by atoms with Crippen molar-refractivity contribution in [2.75, 3.05) is 20.4 Å². The maximum absolute atomic E-state index is 11.9. The van der Waals surface area contributed by atoms with E-state index in [1.54, 1.807) is 0 Å². The van der Waals surface area contributed by atoms with E-state index in [9.17, 15) is 9.18 Å². The molecule has 0 radical (unpaired) electrons. The number of carbonyl (C=O) groups is 1. The zero-order chi connectivity index (χ0) is 9.40. The molecule has 0 saturated heterocycles. The van der Waals surface area contributed by atoms with Gasteiger partial charge in [0, 0.05) is 7.11 Å². The molecule has 12 heavy (non-hydrogen) atoms. The van der Waals surface area contributed by atoms with Crippen LogP contribution in [0, 0.1) is 0 Å². The molecule has 0 heterocycles. The zero-order valence-corrected chi connectivity index (χ0v) is 6.88. The van der Waals surface area contributed by atoms with E-state index in [2.05, 4.69) is 21.4 Å². The van der Waals surface area contributed by atoms with Crippen molar-refractivity contribution >= 4 is 6.09 Å². The lowest BCUT2D eigenvalue weighted by Crippen LogP contribution is -2.38. The lowest BCUT2D eigenvalue weighted by molar-refractivity contribution is 0.0470. The molecular formula is C7H12FNO3. The molecule has 0 saturated carbocycles. The van der Waals surface area contributed by atoms with Gasteiger partial charge in [-0.3, -0.25) is 5.32 Å². The van der Waals surface area contributed by atoms with Crippen LogP contribution in [0.4, 0.5) is 9.18 Å². The van der Waals surface area contributed by atoms with Crippen LogP contribution >= 0.6 is 0 Å². The van der Waals surface area contributed by atoms with E-state index in [1.165, 1.54) is 13.2 Å². The summed E-state index contributed by atoms with van der Waals surface area (Å²) in [7, 11) is 1.29. The third-order valence-corrected chi connectivity index (χ3v) is 1.04. The minimum Gasteiger partial charge on any atom is -0.445 e. The number of alkyl carbamates (subject to hydrolysis) is 1. The highest BCUT2D eigenvalue weighted by Crippen LogP contribution is 1.87. The van der Waals surface area contributed by atoms with Gasteiger partial charge in [-0.15, -0.1) is 0 Å². The van der Waals surface area contributed by atoms with E-state index in [-0.39, 0.29) is 6.61 Å². The summed E-state index contributed by atoms with van der Waals surface area (Å²) in [6, 6.07) is 0. The number of hydrogen-bond donors (Lipinski definition) is 1. The summed E-state index contributed by atoms with van der Waals surface area (Å²) < 4.78 is 21.0. The molecule has 70 valence electrons.